The van der Waals surface area contributed by atoms with Crippen LogP contribution < -0.4 is 16.2 Å². The summed E-state index contributed by atoms with van der Waals surface area (Å²) in [6.07, 6.45) is 0. The van der Waals surface area contributed by atoms with Gasteiger partial charge in [-0.1, -0.05) is 0 Å². The van der Waals surface area contributed by atoms with Crippen molar-refractivity contribution in [1.29, 1.82) is 0 Å². The number of nitrogens with one attached hydrogen (secondary N) is 1. The van der Waals surface area contributed by atoms with Gasteiger partial charge in [-0.2, -0.15) is 0 Å². The number of rotatable bonds is 3. The summed E-state index contributed by atoms with van der Waals surface area (Å²) in [7, 11) is -3.98. The van der Waals surface area contributed by atoms with E-state index in [0.717, 1.165) is 12.1 Å². The fourth-order valence-corrected chi connectivity index (χ4v) is 1.87. The maximum Gasteiger partial charge on any atom is 0.326 e. The van der Waals surface area contributed by atoms with Crippen LogP contribution in [0.15, 0.2) is 29.2 Å². The number of benzene rings is 1. The SMILES string of the molecule is NC(=O)NS(=O)(=O)c1ccc(C(N)=O)cc1. The number of urea groups is 1. The van der Waals surface area contributed by atoms with E-state index < -0.39 is 22.0 Å². The molecule has 0 saturated carbocycles. The molecule has 1 rings (SSSR count). The molecule has 0 spiro atoms. The quantitative estimate of drug-likeness (QED) is 0.637. The van der Waals surface area contributed by atoms with Gasteiger partial charge in [0.15, 0.2) is 0 Å². The minimum atomic E-state index is -3.98. The molecule has 0 aromatic heterocycles. The van der Waals surface area contributed by atoms with E-state index in [0.29, 0.717) is 0 Å². The smallest absolute Gasteiger partial charge is 0.326 e. The van der Waals surface area contributed by atoms with E-state index in [1.807, 2.05) is 0 Å². The fourth-order valence-electron chi connectivity index (χ4n) is 0.990. The van der Waals surface area contributed by atoms with Crippen molar-refractivity contribution < 1.29 is 18.0 Å². The van der Waals surface area contributed by atoms with Crippen molar-refractivity contribution in [3.8, 4) is 0 Å². The van der Waals surface area contributed by atoms with Crippen LogP contribution in [0.1, 0.15) is 10.4 Å². The molecule has 0 aliphatic rings. The molecular formula is C8H9N3O4S. The summed E-state index contributed by atoms with van der Waals surface area (Å²) in [4.78, 5) is 21.0. The third-order valence-electron chi connectivity index (χ3n) is 1.68. The maximum absolute atomic E-state index is 11.4. The van der Waals surface area contributed by atoms with Gasteiger partial charge in [-0.15, -0.1) is 0 Å². The lowest BCUT2D eigenvalue weighted by molar-refractivity contribution is 0.1000. The van der Waals surface area contributed by atoms with Crippen LogP contribution in [-0.4, -0.2) is 20.4 Å². The summed E-state index contributed by atoms with van der Waals surface area (Å²) in [5, 5.41) is 0. The minimum absolute atomic E-state index is 0.165. The van der Waals surface area contributed by atoms with Crippen LogP contribution in [0.4, 0.5) is 4.79 Å². The van der Waals surface area contributed by atoms with Crippen molar-refractivity contribution in [2.75, 3.05) is 0 Å². The molecule has 0 heterocycles. The van der Waals surface area contributed by atoms with Gasteiger partial charge in [-0.05, 0) is 24.3 Å². The molecule has 1 aromatic rings. The van der Waals surface area contributed by atoms with Crippen LogP contribution in [0.25, 0.3) is 0 Å². The monoisotopic (exact) mass is 243 g/mol. The molecule has 7 nitrogen and oxygen atoms in total. The molecule has 0 bridgehead atoms. The molecule has 8 heteroatoms. The van der Waals surface area contributed by atoms with Gasteiger partial charge in [0.05, 0.1) is 4.90 Å². The third-order valence-corrected chi connectivity index (χ3v) is 3.05. The molecule has 1 aromatic carbocycles. The summed E-state index contributed by atoms with van der Waals surface area (Å²) in [5.74, 6) is -0.674. The highest BCUT2D eigenvalue weighted by atomic mass is 32.2. The molecule has 0 aliphatic carbocycles. The van der Waals surface area contributed by atoms with Crippen molar-refractivity contribution in [3.63, 3.8) is 0 Å². The van der Waals surface area contributed by atoms with Crippen LogP contribution in [0.3, 0.4) is 0 Å². The van der Waals surface area contributed by atoms with Gasteiger partial charge < -0.3 is 11.5 Å². The molecule has 0 radical (unpaired) electrons. The van der Waals surface area contributed by atoms with Gasteiger partial charge in [0.2, 0.25) is 5.91 Å². The molecule has 16 heavy (non-hydrogen) atoms. The maximum atomic E-state index is 11.4. The van der Waals surface area contributed by atoms with Crippen molar-refractivity contribution in [2.45, 2.75) is 4.90 Å². The number of amides is 3. The van der Waals surface area contributed by atoms with Gasteiger partial charge in [0.25, 0.3) is 10.0 Å². The van der Waals surface area contributed by atoms with Crippen molar-refractivity contribution in [1.82, 2.24) is 4.72 Å². The molecular weight excluding hydrogens is 234 g/mol. The lowest BCUT2D eigenvalue weighted by atomic mass is 10.2. The van der Waals surface area contributed by atoms with E-state index in [9.17, 15) is 18.0 Å². The predicted molar refractivity (Wildman–Crippen MR) is 54.9 cm³/mol. The molecule has 0 aliphatic heterocycles. The van der Waals surface area contributed by atoms with Crippen LogP contribution >= 0.6 is 0 Å². The topological polar surface area (TPSA) is 132 Å². The van der Waals surface area contributed by atoms with E-state index in [2.05, 4.69) is 0 Å². The summed E-state index contributed by atoms with van der Waals surface area (Å²) < 4.78 is 24.4. The highest BCUT2D eigenvalue weighted by Gasteiger charge is 2.15. The fraction of sp³-hybridized carbons (Fsp3) is 0. The molecule has 0 saturated heterocycles. The zero-order valence-electron chi connectivity index (χ0n) is 8.01. The Morgan fingerprint density at radius 3 is 1.94 bits per heavy atom. The zero-order chi connectivity index (χ0) is 12.3. The largest absolute Gasteiger partial charge is 0.366 e. The van der Waals surface area contributed by atoms with Gasteiger partial charge in [0.1, 0.15) is 0 Å². The number of hydrogen-bond donors (Lipinski definition) is 3. The van der Waals surface area contributed by atoms with E-state index in [1.54, 1.807) is 4.72 Å². The lowest BCUT2D eigenvalue weighted by Crippen LogP contribution is -2.34. The second-order valence-corrected chi connectivity index (χ2v) is 4.54. The average Bonchev–Trinajstić information content (AvgIpc) is 2.16. The van der Waals surface area contributed by atoms with Crippen molar-refractivity contribution >= 4 is 22.0 Å². The Hall–Kier alpha value is -2.09. The predicted octanol–water partition coefficient (Wildman–Crippen LogP) is -0.857. The molecule has 0 unspecified atom stereocenters. The molecule has 5 N–H and O–H groups in total. The Kier molecular flexibility index (Phi) is 3.14. The molecule has 86 valence electrons. The zero-order valence-corrected chi connectivity index (χ0v) is 8.82. The first-order chi connectivity index (χ1) is 7.33. The molecule has 0 fully saturated rings. The summed E-state index contributed by atoms with van der Waals surface area (Å²) in [6.45, 7) is 0. The Labute approximate surface area is 91.5 Å². The van der Waals surface area contributed by atoms with Crippen molar-refractivity contribution in [2.24, 2.45) is 11.5 Å². The first-order valence-electron chi connectivity index (χ1n) is 4.05. The normalized spacial score (nSPS) is 10.8. The number of carbonyl (C=O) groups is 2. The Bertz CT molecular complexity index is 521. The van der Waals surface area contributed by atoms with E-state index in [1.165, 1.54) is 12.1 Å². The van der Waals surface area contributed by atoms with Crippen LogP contribution in [0.5, 0.6) is 0 Å². The van der Waals surface area contributed by atoms with E-state index in [-0.39, 0.29) is 10.5 Å². The van der Waals surface area contributed by atoms with Crippen LogP contribution in [-0.2, 0) is 10.0 Å². The van der Waals surface area contributed by atoms with Gasteiger partial charge >= 0.3 is 6.03 Å². The Morgan fingerprint density at radius 1 is 1.06 bits per heavy atom. The van der Waals surface area contributed by atoms with Crippen LogP contribution in [0.2, 0.25) is 0 Å². The first kappa shape index (κ1) is 12.0. The second kappa shape index (κ2) is 4.19. The lowest BCUT2D eigenvalue weighted by Gasteiger charge is -2.04. The Morgan fingerprint density at radius 2 is 1.56 bits per heavy atom. The van der Waals surface area contributed by atoms with Gasteiger partial charge in [-0.25, -0.2) is 17.9 Å². The van der Waals surface area contributed by atoms with E-state index >= 15 is 0 Å². The van der Waals surface area contributed by atoms with Crippen molar-refractivity contribution in [3.05, 3.63) is 29.8 Å². The number of carbonyl (C=O) groups excluding carboxylic acids is 2. The summed E-state index contributed by atoms with van der Waals surface area (Å²) >= 11 is 0. The van der Waals surface area contributed by atoms with Crippen LogP contribution in [0, 0.1) is 0 Å². The minimum Gasteiger partial charge on any atom is -0.366 e. The Balaban J connectivity index is 3.07. The molecule has 0 atom stereocenters. The summed E-state index contributed by atoms with van der Waals surface area (Å²) in [6, 6.07) is 3.57. The number of nitrogens with two attached hydrogens (primary N) is 2. The standard InChI is InChI=1S/C8H9N3O4S/c9-7(12)5-1-3-6(4-2-5)16(14,15)11-8(10)13/h1-4H,(H2,9,12)(H3,10,11,13). The number of sulfonamides is 1. The third kappa shape index (κ3) is 2.70. The highest BCUT2D eigenvalue weighted by molar-refractivity contribution is 7.90. The highest BCUT2D eigenvalue weighted by Crippen LogP contribution is 2.09. The van der Waals surface area contributed by atoms with E-state index in [4.69, 9.17) is 11.5 Å². The number of hydrogen-bond acceptors (Lipinski definition) is 4. The number of primary amides is 2. The second-order valence-electron chi connectivity index (χ2n) is 2.86. The first-order valence-corrected chi connectivity index (χ1v) is 5.53. The average molecular weight is 243 g/mol. The van der Waals surface area contributed by atoms with Gasteiger partial charge in [-0.3, -0.25) is 4.79 Å². The molecule has 3 amide bonds. The summed E-state index contributed by atoms with van der Waals surface area (Å²) in [5.41, 5.74) is 9.83. The van der Waals surface area contributed by atoms with Gasteiger partial charge in [0, 0.05) is 5.56 Å².